The molecule has 1 amide bonds. The number of hydrogen-bond donors (Lipinski definition) is 1. The maximum Gasteiger partial charge on any atom is 0.262 e. The number of halogens is 6. The first kappa shape index (κ1) is 23.2. The predicted molar refractivity (Wildman–Crippen MR) is 113 cm³/mol. The first-order valence-corrected chi connectivity index (χ1v) is 9.81. The minimum absolute atomic E-state index is 0.102. The van der Waals surface area contributed by atoms with Gasteiger partial charge in [-0.1, -0.05) is 11.6 Å². The molecule has 0 atom stereocenters. The van der Waals surface area contributed by atoms with Crippen molar-refractivity contribution in [3.8, 4) is 17.1 Å². The molecule has 0 saturated carbocycles. The zero-order chi connectivity index (χ0) is 24.6. The molecule has 1 N–H and O–H groups in total. The highest BCUT2D eigenvalue weighted by Crippen LogP contribution is 2.29. The summed E-state index contributed by atoms with van der Waals surface area (Å²) in [5, 5.41) is 2.93. The number of anilines is 1. The number of ether oxygens (including phenoxy) is 1. The third-order valence-corrected chi connectivity index (χ3v) is 4.91. The summed E-state index contributed by atoms with van der Waals surface area (Å²) in [6.07, 6.45) is 0. The molecule has 0 saturated heterocycles. The van der Waals surface area contributed by atoms with Crippen LogP contribution in [-0.4, -0.2) is 12.5 Å². The van der Waals surface area contributed by atoms with E-state index in [4.69, 9.17) is 16.0 Å². The number of carbonyl (C=O) groups excluding carboxylic acids is 1. The molecule has 5 nitrogen and oxygen atoms in total. The normalized spacial score (nSPS) is 11.0. The molecule has 0 aliphatic rings. The van der Waals surface area contributed by atoms with Crippen LogP contribution in [-0.2, 0) is 4.79 Å². The minimum Gasteiger partial charge on any atom is -0.477 e. The van der Waals surface area contributed by atoms with Crippen LogP contribution in [0.1, 0.15) is 0 Å². The first-order valence-electron chi connectivity index (χ1n) is 9.43. The van der Waals surface area contributed by atoms with Crippen molar-refractivity contribution >= 4 is 34.2 Å². The summed E-state index contributed by atoms with van der Waals surface area (Å²) >= 11 is 5.86. The van der Waals surface area contributed by atoms with E-state index in [1.165, 1.54) is 24.3 Å². The van der Waals surface area contributed by atoms with Crippen molar-refractivity contribution in [3.05, 3.63) is 92.9 Å². The molecule has 4 rings (SSSR count). The lowest BCUT2D eigenvalue weighted by Gasteiger charge is -2.11. The number of benzene rings is 3. The predicted octanol–water partition coefficient (Wildman–Crippen LogP) is 5.83. The lowest BCUT2D eigenvalue weighted by molar-refractivity contribution is -0.118. The van der Waals surface area contributed by atoms with Crippen LogP contribution in [0, 0.1) is 29.1 Å². The van der Waals surface area contributed by atoms with Gasteiger partial charge in [0.25, 0.3) is 5.91 Å². The van der Waals surface area contributed by atoms with Crippen molar-refractivity contribution in [1.82, 2.24) is 0 Å². The van der Waals surface area contributed by atoms with Crippen LogP contribution in [0.15, 0.2) is 57.7 Å². The Kier molecular flexibility index (Phi) is 6.25. The molecule has 4 aromatic rings. The molecule has 1 aromatic heterocycles. The highest BCUT2D eigenvalue weighted by Gasteiger charge is 2.27. The van der Waals surface area contributed by atoms with E-state index >= 15 is 0 Å². The molecule has 0 unspecified atom stereocenters. The average Bonchev–Trinajstić information content (AvgIpc) is 2.82. The SMILES string of the molecule is O=C(COc1c(F)c(F)c(F)c(F)c1F)Nc1ccc2oc(-c3ccc(Cl)cc3)cc(=O)c2c1. The van der Waals surface area contributed by atoms with E-state index in [9.17, 15) is 31.5 Å². The summed E-state index contributed by atoms with van der Waals surface area (Å²) in [7, 11) is 0. The van der Waals surface area contributed by atoms with Gasteiger partial charge < -0.3 is 14.5 Å². The van der Waals surface area contributed by atoms with E-state index < -0.39 is 52.8 Å². The molecule has 1 heterocycles. The Labute approximate surface area is 192 Å². The van der Waals surface area contributed by atoms with Crippen molar-refractivity contribution in [2.24, 2.45) is 0 Å². The van der Waals surface area contributed by atoms with Gasteiger partial charge in [-0.15, -0.1) is 0 Å². The summed E-state index contributed by atoms with van der Waals surface area (Å²) in [6, 6.07) is 12.0. The molecule has 0 bridgehead atoms. The number of fused-ring (bicyclic) bond motifs is 1. The average molecular weight is 496 g/mol. The maximum absolute atomic E-state index is 13.6. The molecule has 11 heteroatoms. The van der Waals surface area contributed by atoms with Crippen LogP contribution in [0.3, 0.4) is 0 Å². The van der Waals surface area contributed by atoms with Crippen LogP contribution in [0.4, 0.5) is 27.6 Å². The van der Waals surface area contributed by atoms with Gasteiger partial charge in [0.15, 0.2) is 17.8 Å². The molecule has 0 radical (unpaired) electrons. The standard InChI is InChI=1S/C23H11ClF5NO4/c24-11-3-1-10(2-4-11)16-8-14(31)13-7-12(5-6-15(13)34-16)30-17(32)9-33-23-21(28)19(26)18(25)20(27)22(23)29/h1-8H,9H2,(H,30,32). The third kappa shape index (κ3) is 4.44. The smallest absolute Gasteiger partial charge is 0.262 e. The Hall–Kier alpha value is -3.92. The monoisotopic (exact) mass is 495 g/mol. The fourth-order valence-corrected chi connectivity index (χ4v) is 3.16. The topological polar surface area (TPSA) is 68.5 Å². The molecule has 174 valence electrons. The Morgan fingerprint density at radius 3 is 2.15 bits per heavy atom. The summed E-state index contributed by atoms with van der Waals surface area (Å²) in [4.78, 5) is 24.6. The molecule has 0 aliphatic heterocycles. The van der Waals surface area contributed by atoms with E-state index in [-0.39, 0.29) is 16.7 Å². The molecule has 0 aliphatic carbocycles. The third-order valence-electron chi connectivity index (χ3n) is 4.66. The van der Waals surface area contributed by atoms with Gasteiger partial charge in [0.2, 0.25) is 29.1 Å². The molecular formula is C23H11ClF5NO4. The van der Waals surface area contributed by atoms with Gasteiger partial charge in [-0.25, -0.2) is 13.2 Å². The number of rotatable bonds is 5. The quantitative estimate of drug-likeness (QED) is 0.215. The van der Waals surface area contributed by atoms with Gasteiger partial charge in [0.1, 0.15) is 11.3 Å². The van der Waals surface area contributed by atoms with Gasteiger partial charge in [0.05, 0.1) is 5.39 Å². The number of hydrogen-bond acceptors (Lipinski definition) is 4. The van der Waals surface area contributed by atoms with Crippen molar-refractivity contribution in [3.63, 3.8) is 0 Å². The zero-order valence-corrected chi connectivity index (χ0v) is 17.5. The fourth-order valence-electron chi connectivity index (χ4n) is 3.04. The lowest BCUT2D eigenvalue weighted by atomic mass is 10.1. The van der Waals surface area contributed by atoms with Crippen LogP contribution in [0.5, 0.6) is 5.75 Å². The summed E-state index contributed by atoms with van der Waals surface area (Å²) in [6.45, 7) is -1.07. The van der Waals surface area contributed by atoms with E-state index in [1.807, 2.05) is 0 Å². The van der Waals surface area contributed by atoms with E-state index in [1.54, 1.807) is 24.3 Å². The summed E-state index contributed by atoms with van der Waals surface area (Å²) in [5.74, 6) is -13.4. The second kappa shape index (κ2) is 9.14. The van der Waals surface area contributed by atoms with Crippen LogP contribution in [0.2, 0.25) is 5.02 Å². The molecule has 34 heavy (non-hydrogen) atoms. The highest BCUT2D eigenvalue weighted by atomic mass is 35.5. The first-order chi connectivity index (χ1) is 16.2. The summed E-state index contributed by atoms with van der Waals surface area (Å²) in [5.41, 5.74) is 0.518. The van der Waals surface area contributed by atoms with Gasteiger partial charge in [-0.05, 0) is 42.5 Å². The highest BCUT2D eigenvalue weighted by molar-refractivity contribution is 6.30. The number of carbonyl (C=O) groups is 1. The van der Waals surface area contributed by atoms with E-state index in [0.717, 1.165) is 0 Å². The Morgan fingerprint density at radius 2 is 1.50 bits per heavy atom. The number of nitrogens with one attached hydrogen (secondary N) is 1. The van der Waals surface area contributed by atoms with Gasteiger partial charge in [0, 0.05) is 22.3 Å². The van der Waals surface area contributed by atoms with Gasteiger partial charge >= 0.3 is 0 Å². The fraction of sp³-hybridized carbons (Fsp3) is 0.0435. The minimum atomic E-state index is -2.35. The van der Waals surface area contributed by atoms with Crippen LogP contribution >= 0.6 is 11.6 Å². The molecule has 3 aromatic carbocycles. The second-order valence-corrected chi connectivity index (χ2v) is 7.37. The van der Waals surface area contributed by atoms with Gasteiger partial charge in [-0.2, -0.15) is 8.78 Å². The zero-order valence-electron chi connectivity index (χ0n) is 16.7. The van der Waals surface area contributed by atoms with Crippen molar-refractivity contribution in [2.45, 2.75) is 0 Å². The van der Waals surface area contributed by atoms with Crippen molar-refractivity contribution in [1.29, 1.82) is 0 Å². The molecule has 0 fully saturated rings. The second-order valence-electron chi connectivity index (χ2n) is 6.93. The van der Waals surface area contributed by atoms with Crippen LogP contribution in [0.25, 0.3) is 22.3 Å². The van der Waals surface area contributed by atoms with Crippen molar-refractivity contribution in [2.75, 3.05) is 11.9 Å². The lowest BCUT2D eigenvalue weighted by Crippen LogP contribution is -2.21. The largest absolute Gasteiger partial charge is 0.477 e. The Morgan fingerprint density at radius 1 is 0.882 bits per heavy atom. The van der Waals surface area contributed by atoms with E-state index in [2.05, 4.69) is 10.1 Å². The van der Waals surface area contributed by atoms with E-state index in [0.29, 0.717) is 16.3 Å². The van der Waals surface area contributed by atoms with Crippen molar-refractivity contribution < 1.29 is 35.9 Å². The number of amides is 1. The maximum atomic E-state index is 13.6. The van der Waals surface area contributed by atoms with Crippen LogP contribution < -0.4 is 15.5 Å². The molecule has 0 spiro atoms. The Balaban J connectivity index is 1.52. The Bertz CT molecular complexity index is 1460. The molecular weight excluding hydrogens is 485 g/mol. The van der Waals surface area contributed by atoms with Gasteiger partial charge in [-0.3, -0.25) is 9.59 Å². The summed E-state index contributed by atoms with van der Waals surface area (Å²) < 4.78 is 77.1.